The first-order chi connectivity index (χ1) is 10.1. The molecule has 3 nitrogen and oxygen atoms in total. The summed E-state index contributed by atoms with van der Waals surface area (Å²) in [7, 11) is 0. The average molecular weight is 288 g/mol. The fraction of sp³-hybridized carbons (Fsp3) is 0.471. The van der Waals surface area contributed by atoms with Crippen LogP contribution in [0.15, 0.2) is 24.3 Å². The van der Waals surface area contributed by atoms with Gasteiger partial charge in [-0.05, 0) is 24.5 Å². The van der Waals surface area contributed by atoms with Crippen LogP contribution in [0.4, 0.5) is 4.39 Å². The summed E-state index contributed by atoms with van der Waals surface area (Å²) < 4.78 is 22.0. The third kappa shape index (κ3) is 2.43. The predicted octanol–water partition coefficient (Wildman–Crippen LogP) is 4.23. The molecule has 21 heavy (non-hydrogen) atoms. The minimum Gasteiger partial charge on any atom is -0.477 e. The Labute approximate surface area is 124 Å². The van der Waals surface area contributed by atoms with Crippen LogP contribution in [-0.4, -0.2) is 16.4 Å². The number of hydrogen-bond acceptors (Lipinski definition) is 2. The molecule has 0 radical (unpaired) electrons. The lowest BCUT2D eigenvalue weighted by Gasteiger charge is -2.24. The fourth-order valence-corrected chi connectivity index (χ4v) is 2.85. The maximum atomic E-state index is 14.1. The van der Waals surface area contributed by atoms with E-state index in [9.17, 15) is 4.39 Å². The monoisotopic (exact) mass is 288 g/mol. The molecule has 1 atom stereocenters. The molecule has 1 aliphatic heterocycles. The Morgan fingerprint density at radius 3 is 2.81 bits per heavy atom. The van der Waals surface area contributed by atoms with Gasteiger partial charge in [-0.25, -0.2) is 9.07 Å². The van der Waals surface area contributed by atoms with Crippen LogP contribution >= 0.6 is 0 Å². The quantitative estimate of drug-likeness (QED) is 0.845. The van der Waals surface area contributed by atoms with Crippen LogP contribution in [0.5, 0.6) is 5.88 Å². The van der Waals surface area contributed by atoms with Crippen LogP contribution in [0.25, 0.3) is 11.3 Å². The number of halogens is 1. The van der Waals surface area contributed by atoms with E-state index < -0.39 is 0 Å². The smallest absolute Gasteiger partial charge is 0.215 e. The van der Waals surface area contributed by atoms with Crippen LogP contribution in [0.3, 0.4) is 0 Å². The Bertz CT molecular complexity index is 648. The van der Waals surface area contributed by atoms with Crippen molar-refractivity contribution in [2.75, 3.05) is 6.61 Å². The molecule has 0 bridgehead atoms. The van der Waals surface area contributed by atoms with Crippen molar-refractivity contribution in [1.82, 2.24) is 9.78 Å². The minimum atomic E-state index is -0.234. The molecule has 1 aromatic heterocycles. The zero-order valence-corrected chi connectivity index (χ0v) is 12.8. The zero-order chi connectivity index (χ0) is 15.0. The minimum absolute atomic E-state index is 0.234. The molecule has 2 heterocycles. The number of rotatable bonds is 3. The number of aromatic nitrogens is 2. The number of benzene rings is 1. The highest BCUT2D eigenvalue weighted by Gasteiger charge is 2.28. The molecule has 0 saturated heterocycles. The van der Waals surface area contributed by atoms with Gasteiger partial charge in [0, 0.05) is 17.0 Å². The Morgan fingerprint density at radius 2 is 2.14 bits per heavy atom. The van der Waals surface area contributed by atoms with Gasteiger partial charge in [0.15, 0.2) is 0 Å². The van der Waals surface area contributed by atoms with Gasteiger partial charge in [-0.15, -0.1) is 0 Å². The van der Waals surface area contributed by atoms with Gasteiger partial charge >= 0.3 is 0 Å². The summed E-state index contributed by atoms with van der Waals surface area (Å²) in [6.45, 7) is 7.91. The third-order valence-corrected chi connectivity index (χ3v) is 4.11. The van der Waals surface area contributed by atoms with Gasteiger partial charge in [0.05, 0.1) is 13.2 Å². The van der Waals surface area contributed by atoms with E-state index >= 15 is 0 Å². The van der Waals surface area contributed by atoms with Gasteiger partial charge in [0.25, 0.3) is 0 Å². The van der Waals surface area contributed by atoms with E-state index in [-0.39, 0.29) is 11.7 Å². The first-order valence-electron chi connectivity index (χ1n) is 7.60. The van der Waals surface area contributed by atoms with Gasteiger partial charge in [-0.3, -0.25) is 0 Å². The number of nitrogens with zero attached hydrogens (tertiary/aromatic N) is 2. The van der Waals surface area contributed by atoms with Crippen molar-refractivity contribution >= 4 is 0 Å². The highest BCUT2D eigenvalue weighted by atomic mass is 19.1. The fourth-order valence-electron chi connectivity index (χ4n) is 2.85. The Morgan fingerprint density at radius 1 is 1.38 bits per heavy atom. The second-order valence-corrected chi connectivity index (χ2v) is 5.97. The summed E-state index contributed by atoms with van der Waals surface area (Å²) >= 11 is 0. The SMILES string of the molecule is CCC1COc2c(C(C)C)c(-c3ccccc3F)nn2C1. The maximum Gasteiger partial charge on any atom is 0.215 e. The first kappa shape index (κ1) is 14.1. The molecule has 0 aliphatic carbocycles. The molecule has 0 N–H and O–H groups in total. The summed E-state index contributed by atoms with van der Waals surface area (Å²) in [5.74, 6) is 1.29. The average Bonchev–Trinajstić information content (AvgIpc) is 2.85. The molecule has 0 amide bonds. The van der Waals surface area contributed by atoms with Crippen LogP contribution in [0.1, 0.15) is 38.7 Å². The van der Waals surface area contributed by atoms with E-state index in [1.165, 1.54) is 6.07 Å². The van der Waals surface area contributed by atoms with Crippen molar-refractivity contribution in [2.45, 2.75) is 39.7 Å². The first-order valence-corrected chi connectivity index (χ1v) is 7.60. The highest BCUT2D eigenvalue weighted by molar-refractivity contribution is 5.67. The number of fused-ring (bicyclic) bond motifs is 1. The van der Waals surface area contributed by atoms with E-state index in [4.69, 9.17) is 4.74 Å². The third-order valence-electron chi connectivity index (χ3n) is 4.11. The standard InChI is InChI=1S/C17H21FN2O/c1-4-12-9-20-17(21-10-12)15(11(2)3)16(19-20)13-7-5-6-8-14(13)18/h5-8,11-12H,4,9-10H2,1-3H3. The second kappa shape index (κ2) is 5.51. The lowest BCUT2D eigenvalue weighted by molar-refractivity contribution is 0.159. The molecule has 2 aromatic rings. The van der Waals surface area contributed by atoms with Crippen molar-refractivity contribution < 1.29 is 9.13 Å². The van der Waals surface area contributed by atoms with Crippen LogP contribution in [0.2, 0.25) is 0 Å². The molecule has 0 spiro atoms. The molecule has 1 aromatic carbocycles. The molecule has 0 fully saturated rings. The van der Waals surface area contributed by atoms with E-state index in [2.05, 4.69) is 25.9 Å². The maximum absolute atomic E-state index is 14.1. The number of hydrogen-bond donors (Lipinski definition) is 0. The summed E-state index contributed by atoms with van der Waals surface area (Å²) in [4.78, 5) is 0. The molecule has 112 valence electrons. The predicted molar refractivity (Wildman–Crippen MR) is 81.0 cm³/mol. The molecule has 3 rings (SSSR count). The Hall–Kier alpha value is -1.84. The van der Waals surface area contributed by atoms with E-state index in [1.54, 1.807) is 12.1 Å². The van der Waals surface area contributed by atoms with Crippen molar-refractivity contribution in [2.24, 2.45) is 5.92 Å². The molecule has 4 heteroatoms. The Kier molecular flexibility index (Phi) is 3.70. The van der Waals surface area contributed by atoms with E-state index in [0.717, 1.165) is 36.7 Å². The van der Waals surface area contributed by atoms with Crippen molar-refractivity contribution in [3.63, 3.8) is 0 Å². The topological polar surface area (TPSA) is 27.1 Å². The van der Waals surface area contributed by atoms with Crippen LogP contribution in [0, 0.1) is 11.7 Å². The normalized spacial score (nSPS) is 17.7. The molecular formula is C17H21FN2O. The zero-order valence-electron chi connectivity index (χ0n) is 12.8. The van der Waals surface area contributed by atoms with Gasteiger partial charge in [-0.1, -0.05) is 32.9 Å². The van der Waals surface area contributed by atoms with Crippen molar-refractivity contribution in [3.05, 3.63) is 35.6 Å². The summed E-state index contributed by atoms with van der Waals surface area (Å²) in [5, 5.41) is 4.65. The summed E-state index contributed by atoms with van der Waals surface area (Å²) in [6.07, 6.45) is 1.06. The lowest BCUT2D eigenvalue weighted by Crippen LogP contribution is -2.25. The Balaban J connectivity index is 2.14. The van der Waals surface area contributed by atoms with E-state index in [0.29, 0.717) is 11.5 Å². The van der Waals surface area contributed by atoms with Gasteiger partial charge in [-0.2, -0.15) is 5.10 Å². The molecule has 0 saturated carbocycles. The van der Waals surface area contributed by atoms with Crippen LogP contribution in [-0.2, 0) is 6.54 Å². The van der Waals surface area contributed by atoms with Crippen LogP contribution < -0.4 is 4.74 Å². The van der Waals surface area contributed by atoms with Crippen molar-refractivity contribution in [3.8, 4) is 17.1 Å². The van der Waals surface area contributed by atoms with Gasteiger partial charge < -0.3 is 4.74 Å². The number of ether oxygens (including phenoxy) is 1. The molecular weight excluding hydrogens is 267 g/mol. The molecule has 1 aliphatic rings. The summed E-state index contributed by atoms with van der Waals surface area (Å²) in [6, 6.07) is 6.81. The molecule has 1 unspecified atom stereocenters. The van der Waals surface area contributed by atoms with Crippen molar-refractivity contribution in [1.29, 1.82) is 0 Å². The van der Waals surface area contributed by atoms with Gasteiger partial charge in [0.2, 0.25) is 5.88 Å². The highest BCUT2D eigenvalue weighted by Crippen LogP contribution is 2.39. The second-order valence-electron chi connectivity index (χ2n) is 5.97. The summed E-state index contributed by atoms with van der Waals surface area (Å²) in [5.41, 5.74) is 2.28. The lowest BCUT2D eigenvalue weighted by atomic mass is 9.98. The largest absolute Gasteiger partial charge is 0.477 e. The van der Waals surface area contributed by atoms with E-state index in [1.807, 2.05) is 10.7 Å². The van der Waals surface area contributed by atoms with Gasteiger partial charge in [0.1, 0.15) is 11.5 Å².